The molecule has 4 heteroatoms. The Kier molecular flexibility index (Phi) is 2.72. The molecule has 0 aliphatic rings. The number of aromatic hydroxyl groups is 1. The second kappa shape index (κ2) is 3.62. The van der Waals surface area contributed by atoms with Crippen molar-refractivity contribution in [3.05, 3.63) is 23.5 Å². The van der Waals surface area contributed by atoms with Gasteiger partial charge in [0.1, 0.15) is 0 Å². The number of halogens is 1. The van der Waals surface area contributed by atoms with Crippen LogP contribution in [0.1, 0.15) is 18.6 Å². The molecule has 1 aromatic carbocycles. The van der Waals surface area contributed by atoms with Gasteiger partial charge < -0.3 is 14.9 Å². The van der Waals surface area contributed by atoms with Gasteiger partial charge in [-0.1, -0.05) is 0 Å². The minimum absolute atomic E-state index is 0.238. The normalized spacial score (nSPS) is 12.6. The first-order valence-corrected chi connectivity index (χ1v) is 3.81. The lowest BCUT2D eigenvalue weighted by Crippen LogP contribution is -1.96. The number of phenols is 1. The molecular formula is C9H11FO3. The molecular weight excluding hydrogens is 175 g/mol. The summed E-state index contributed by atoms with van der Waals surface area (Å²) < 4.78 is 17.6. The van der Waals surface area contributed by atoms with Gasteiger partial charge in [0, 0.05) is 5.56 Å². The fourth-order valence-electron chi connectivity index (χ4n) is 1.09. The van der Waals surface area contributed by atoms with Crippen LogP contribution in [0.2, 0.25) is 0 Å². The van der Waals surface area contributed by atoms with E-state index in [1.165, 1.54) is 20.1 Å². The van der Waals surface area contributed by atoms with Gasteiger partial charge in [0.25, 0.3) is 0 Å². The molecule has 0 aliphatic carbocycles. The predicted octanol–water partition coefficient (Wildman–Crippen LogP) is 1.59. The van der Waals surface area contributed by atoms with Gasteiger partial charge in [0.05, 0.1) is 13.2 Å². The molecule has 0 saturated heterocycles. The third-order valence-electron chi connectivity index (χ3n) is 1.77. The minimum atomic E-state index is -0.852. The van der Waals surface area contributed by atoms with E-state index in [-0.39, 0.29) is 17.1 Å². The van der Waals surface area contributed by atoms with Gasteiger partial charge in [0.2, 0.25) is 0 Å². The molecule has 1 atom stereocenters. The molecule has 0 saturated carbocycles. The van der Waals surface area contributed by atoms with Gasteiger partial charge in [-0.05, 0) is 19.1 Å². The van der Waals surface area contributed by atoms with Crippen LogP contribution in [0.5, 0.6) is 11.5 Å². The Morgan fingerprint density at radius 1 is 1.46 bits per heavy atom. The van der Waals surface area contributed by atoms with Crippen molar-refractivity contribution < 1.29 is 19.3 Å². The van der Waals surface area contributed by atoms with Gasteiger partial charge >= 0.3 is 0 Å². The smallest absolute Gasteiger partial charge is 0.196 e. The zero-order valence-corrected chi connectivity index (χ0v) is 7.41. The summed E-state index contributed by atoms with van der Waals surface area (Å²) in [5.41, 5.74) is 0.248. The lowest BCUT2D eigenvalue weighted by molar-refractivity contribution is 0.193. The van der Waals surface area contributed by atoms with Gasteiger partial charge in [-0.25, -0.2) is 4.39 Å². The van der Waals surface area contributed by atoms with Crippen molar-refractivity contribution in [2.45, 2.75) is 13.0 Å². The van der Waals surface area contributed by atoms with Gasteiger partial charge in [-0.15, -0.1) is 0 Å². The highest BCUT2D eigenvalue weighted by molar-refractivity contribution is 5.47. The first-order valence-electron chi connectivity index (χ1n) is 3.81. The van der Waals surface area contributed by atoms with Crippen molar-refractivity contribution in [1.82, 2.24) is 0 Å². The summed E-state index contributed by atoms with van der Waals surface area (Å²) in [5.74, 6) is -1.24. The fraction of sp³-hybridized carbons (Fsp3) is 0.333. The van der Waals surface area contributed by atoms with E-state index in [0.29, 0.717) is 0 Å². The number of benzene rings is 1. The summed E-state index contributed by atoms with van der Waals surface area (Å²) in [6, 6.07) is 2.46. The van der Waals surface area contributed by atoms with E-state index < -0.39 is 11.9 Å². The van der Waals surface area contributed by atoms with Crippen LogP contribution in [0.4, 0.5) is 4.39 Å². The molecule has 1 unspecified atom stereocenters. The van der Waals surface area contributed by atoms with Crippen LogP contribution in [0.25, 0.3) is 0 Å². The van der Waals surface area contributed by atoms with E-state index in [1.807, 2.05) is 0 Å². The minimum Gasteiger partial charge on any atom is -0.504 e. The van der Waals surface area contributed by atoms with Crippen LogP contribution >= 0.6 is 0 Å². The third kappa shape index (κ3) is 1.72. The predicted molar refractivity (Wildman–Crippen MR) is 45.3 cm³/mol. The van der Waals surface area contributed by atoms with Crippen LogP contribution in [0.15, 0.2) is 12.1 Å². The number of methoxy groups -OCH3 is 1. The molecule has 1 rings (SSSR count). The topological polar surface area (TPSA) is 49.7 Å². The number of aliphatic hydroxyl groups excluding tert-OH is 1. The number of phenolic OH excluding ortho intramolecular Hbond substituents is 1. The van der Waals surface area contributed by atoms with Crippen molar-refractivity contribution in [1.29, 1.82) is 0 Å². The maximum atomic E-state index is 12.9. The highest BCUT2D eigenvalue weighted by Gasteiger charge is 2.15. The van der Waals surface area contributed by atoms with Crippen LogP contribution in [0.3, 0.4) is 0 Å². The average Bonchev–Trinajstić information content (AvgIpc) is 2.04. The molecule has 0 amide bonds. The van der Waals surface area contributed by atoms with Crippen LogP contribution in [-0.2, 0) is 0 Å². The van der Waals surface area contributed by atoms with Crippen LogP contribution in [0, 0.1) is 5.82 Å². The molecule has 0 heterocycles. The highest BCUT2D eigenvalue weighted by Crippen LogP contribution is 2.35. The van der Waals surface area contributed by atoms with Crippen LogP contribution in [-0.4, -0.2) is 17.3 Å². The Labute approximate surface area is 75.4 Å². The number of ether oxygens (including phenoxy) is 1. The largest absolute Gasteiger partial charge is 0.504 e. The lowest BCUT2D eigenvalue weighted by Gasteiger charge is -2.11. The number of hydrogen-bond donors (Lipinski definition) is 2. The lowest BCUT2D eigenvalue weighted by atomic mass is 10.1. The van der Waals surface area contributed by atoms with Crippen molar-refractivity contribution in [3.63, 3.8) is 0 Å². The van der Waals surface area contributed by atoms with Crippen molar-refractivity contribution in [2.24, 2.45) is 0 Å². The Balaban J connectivity index is 3.27. The van der Waals surface area contributed by atoms with Crippen molar-refractivity contribution in [3.8, 4) is 11.5 Å². The Morgan fingerprint density at radius 2 is 2.08 bits per heavy atom. The van der Waals surface area contributed by atoms with E-state index in [9.17, 15) is 14.6 Å². The Bertz CT molecular complexity index is 310. The third-order valence-corrected chi connectivity index (χ3v) is 1.77. The summed E-state index contributed by atoms with van der Waals surface area (Å²) >= 11 is 0. The number of rotatable bonds is 2. The van der Waals surface area contributed by atoms with Crippen molar-refractivity contribution >= 4 is 0 Å². The molecule has 3 nitrogen and oxygen atoms in total. The molecule has 0 radical (unpaired) electrons. The monoisotopic (exact) mass is 186 g/mol. The molecule has 1 aromatic rings. The molecule has 72 valence electrons. The molecule has 0 aliphatic heterocycles. The molecule has 0 bridgehead atoms. The second-order valence-corrected chi connectivity index (χ2v) is 2.69. The second-order valence-electron chi connectivity index (χ2n) is 2.69. The zero-order chi connectivity index (χ0) is 10.0. The SMILES string of the molecule is COc1c(F)ccc(C(C)O)c1O. The summed E-state index contributed by atoms with van der Waals surface area (Å²) in [6.07, 6.45) is -0.852. The summed E-state index contributed by atoms with van der Waals surface area (Å²) in [4.78, 5) is 0. The molecule has 0 fully saturated rings. The van der Waals surface area contributed by atoms with Crippen LogP contribution < -0.4 is 4.74 Å². The van der Waals surface area contributed by atoms with E-state index in [4.69, 9.17) is 0 Å². The number of aliphatic hydroxyl groups is 1. The highest BCUT2D eigenvalue weighted by atomic mass is 19.1. The molecule has 0 aromatic heterocycles. The Morgan fingerprint density at radius 3 is 2.54 bits per heavy atom. The number of hydrogen-bond acceptors (Lipinski definition) is 3. The zero-order valence-electron chi connectivity index (χ0n) is 7.41. The van der Waals surface area contributed by atoms with E-state index in [1.54, 1.807) is 0 Å². The van der Waals surface area contributed by atoms with Gasteiger partial charge in [-0.2, -0.15) is 0 Å². The van der Waals surface area contributed by atoms with E-state index in [0.717, 1.165) is 6.07 Å². The maximum absolute atomic E-state index is 12.9. The van der Waals surface area contributed by atoms with E-state index >= 15 is 0 Å². The first kappa shape index (κ1) is 9.80. The summed E-state index contributed by atoms with van der Waals surface area (Å²) in [6.45, 7) is 1.48. The fourth-order valence-corrected chi connectivity index (χ4v) is 1.09. The van der Waals surface area contributed by atoms with Gasteiger partial charge in [0.15, 0.2) is 17.3 Å². The summed E-state index contributed by atoms with van der Waals surface area (Å²) in [7, 11) is 1.25. The standard InChI is InChI=1S/C9H11FO3/c1-5(11)6-3-4-7(10)9(13-2)8(6)12/h3-5,11-12H,1-2H3. The molecule has 0 spiro atoms. The first-order chi connectivity index (χ1) is 6.07. The quantitative estimate of drug-likeness (QED) is 0.737. The Hall–Kier alpha value is -1.29. The molecule has 2 N–H and O–H groups in total. The maximum Gasteiger partial charge on any atom is 0.196 e. The van der Waals surface area contributed by atoms with E-state index in [2.05, 4.69) is 4.74 Å². The molecule has 13 heavy (non-hydrogen) atoms. The average molecular weight is 186 g/mol. The van der Waals surface area contributed by atoms with Crippen molar-refractivity contribution in [2.75, 3.05) is 7.11 Å². The summed E-state index contributed by atoms with van der Waals surface area (Å²) in [5, 5.41) is 18.6. The van der Waals surface area contributed by atoms with Gasteiger partial charge in [-0.3, -0.25) is 0 Å².